The van der Waals surface area contributed by atoms with Crippen molar-refractivity contribution in [3.8, 4) is 10.6 Å². The molecule has 0 saturated heterocycles. The molecule has 4 aromatic rings. The second-order valence-corrected chi connectivity index (χ2v) is 10.8. The van der Waals surface area contributed by atoms with Gasteiger partial charge in [0, 0.05) is 11.1 Å². The number of benzene rings is 2. The molecular formula is C26H26N2O3S2. The minimum Gasteiger partial charge on any atom is -0.462 e. The number of hydrogen-bond donors (Lipinski definition) is 1. The molecule has 0 saturated carbocycles. The van der Waals surface area contributed by atoms with Crippen LogP contribution in [0.2, 0.25) is 0 Å². The maximum Gasteiger partial charge on any atom is 0.348 e. The van der Waals surface area contributed by atoms with Crippen LogP contribution in [-0.4, -0.2) is 23.5 Å². The lowest BCUT2D eigenvalue weighted by Gasteiger charge is -2.19. The molecule has 0 fully saturated rings. The van der Waals surface area contributed by atoms with Crippen LogP contribution in [0.1, 0.15) is 58.9 Å². The molecule has 4 rings (SSSR count). The first-order valence-corrected chi connectivity index (χ1v) is 12.4. The Morgan fingerprint density at radius 2 is 1.73 bits per heavy atom. The largest absolute Gasteiger partial charge is 0.462 e. The zero-order valence-electron chi connectivity index (χ0n) is 19.3. The smallest absolute Gasteiger partial charge is 0.348 e. The fourth-order valence-corrected chi connectivity index (χ4v) is 5.76. The minimum atomic E-state index is -0.391. The van der Waals surface area contributed by atoms with Gasteiger partial charge in [0.15, 0.2) is 0 Å². The van der Waals surface area contributed by atoms with Crippen molar-refractivity contribution < 1.29 is 14.3 Å². The Hall–Kier alpha value is -3.03. The molecule has 0 atom stereocenters. The summed E-state index contributed by atoms with van der Waals surface area (Å²) in [6.45, 7) is 10.3. The van der Waals surface area contributed by atoms with Crippen molar-refractivity contribution in [2.75, 3.05) is 11.9 Å². The number of carbonyl (C=O) groups is 2. The van der Waals surface area contributed by atoms with Crippen LogP contribution in [0.3, 0.4) is 0 Å². The third-order valence-corrected chi connectivity index (χ3v) is 7.60. The van der Waals surface area contributed by atoms with Gasteiger partial charge in [-0.05, 0) is 54.7 Å². The number of thiophene rings is 1. The molecule has 2 aromatic carbocycles. The molecule has 2 heterocycles. The molecule has 0 aliphatic heterocycles. The van der Waals surface area contributed by atoms with Gasteiger partial charge in [-0.3, -0.25) is 4.79 Å². The summed E-state index contributed by atoms with van der Waals surface area (Å²) in [5.41, 5.74) is 4.14. The second-order valence-electron chi connectivity index (χ2n) is 8.75. The molecule has 0 spiro atoms. The summed E-state index contributed by atoms with van der Waals surface area (Å²) in [6, 6.07) is 15.5. The lowest BCUT2D eigenvalue weighted by atomic mass is 9.87. The van der Waals surface area contributed by atoms with Gasteiger partial charge in [0.25, 0.3) is 5.91 Å². The standard InChI is InChI=1S/C26H26N2O3S2/c1-6-31-25(30)21-15(2)20(23-27-18-9-7-8-10-19(18)32-23)24(33-21)28-22(29)16-11-13-17(14-12-16)26(3,4)5/h7-14H,6H2,1-5H3,(H,28,29). The molecule has 33 heavy (non-hydrogen) atoms. The molecule has 0 aliphatic rings. The highest BCUT2D eigenvalue weighted by Crippen LogP contribution is 2.43. The van der Waals surface area contributed by atoms with Crippen LogP contribution in [0.15, 0.2) is 48.5 Å². The van der Waals surface area contributed by atoms with E-state index in [2.05, 4.69) is 26.1 Å². The first kappa shape index (κ1) is 23.1. The summed E-state index contributed by atoms with van der Waals surface area (Å²) < 4.78 is 6.30. The zero-order chi connectivity index (χ0) is 23.8. The predicted molar refractivity (Wildman–Crippen MR) is 137 cm³/mol. The van der Waals surface area contributed by atoms with E-state index in [1.165, 1.54) is 22.7 Å². The maximum atomic E-state index is 13.1. The number of fused-ring (bicyclic) bond motifs is 1. The van der Waals surface area contributed by atoms with Crippen molar-refractivity contribution in [1.29, 1.82) is 0 Å². The molecule has 1 N–H and O–H groups in total. The summed E-state index contributed by atoms with van der Waals surface area (Å²) >= 11 is 2.77. The van der Waals surface area contributed by atoms with Crippen molar-refractivity contribution in [2.45, 2.75) is 40.0 Å². The Kier molecular flexibility index (Phi) is 6.36. The van der Waals surface area contributed by atoms with E-state index in [0.717, 1.165) is 31.9 Å². The number of aromatic nitrogens is 1. The Balaban J connectivity index is 1.74. The number of amides is 1. The fourth-order valence-electron chi connectivity index (χ4n) is 3.53. The SMILES string of the molecule is CCOC(=O)c1sc(NC(=O)c2ccc(C(C)(C)C)cc2)c(-c2nc3ccccc3s2)c1C. The Morgan fingerprint density at radius 3 is 2.36 bits per heavy atom. The van der Waals surface area contributed by atoms with Crippen LogP contribution in [0.5, 0.6) is 0 Å². The molecule has 170 valence electrons. The number of rotatable bonds is 5. The van der Waals surface area contributed by atoms with E-state index in [1.54, 1.807) is 6.92 Å². The third kappa shape index (κ3) is 4.70. The number of hydrogen-bond acceptors (Lipinski definition) is 6. The van der Waals surface area contributed by atoms with Crippen LogP contribution in [0.4, 0.5) is 5.00 Å². The third-order valence-electron chi connectivity index (χ3n) is 5.36. The van der Waals surface area contributed by atoms with Gasteiger partial charge in [-0.2, -0.15) is 0 Å². The maximum absolute atomic E-state index is 13.1. The van der Waals surface area contributed by atoms with E-state index in [-0.39, 0.29) is 17.9 Å². The number of para-hydroxylation sites is 1. The van der Waals surface area contributed by atoms with Crippen LogP contribution < -0.4 is 5.32 Å². The first-order chi connectivity index (χ1) is 15.7. The highest BCUT2D eigenvalue weighted by molar-refractivity contribution is 7.23. The topological polar surface area (TPSA) is 68.3 Å². The number of thiazole rings is 1. The van der Waals surface area contributed by atoms with Gasteiger partial charge in [-0.15, -0.1) is 22.7 Å². The van der Waals surface area contributed by atoms with E-state index >= 15 is 0 Å². The molecular weight excluding hydrogens is 452 g/mol. The van der Waals surface area contributed by atoms with Gasteiger partial charge in [-0.25, -0.2) is 9.78 Å². The molecule has 2 aromatic heterocycles. The van der Waals surface area contributed by atoms with Crippen molar-refractivity contribution in [3.63, 3.8) is 0 Å². The Morgan fingerprint density at radius 1 is 1.03 bits per heavy atom. The van der Waals surface area contributed by atoms with Crippen LogP contribution in [0, 0.1) is 6.92 Å². The van der Waals surface area contributed by atoms with Gasteiger partial charge in [0.1, 0.15) is 14.9 Å². The lowest BCUT2D eigenvalue weighted by molar-refractivity contribution is 0.0531. The number of ether oxygens (including phenoxy) is 1. The van der Waals surface area contributed by atoms with E-state index in [4.69, 9.17) is 9.72 Å². The summed E-state index contributed by atoms with van der Waals surface area (Å²) in [5.74, 6) is -0.619. The Labute approximate surface area is 201 Å². The quantitative estimate of drug-likeness (QED) is 0.312. The van der Waals surface area contributed by atoms with Crippen molar-refractivity contribution in [2.24, 2.45) is 0 Å². The van der Waals surface area contributed by atoms with Crippen LogP contribution in [0.25, 0.3) is 20.8 Å². The summed E-state index contributed by atoms with van der Waals surface area (Å²) in [4.78, 5) is 30.9. The second kappa shape index (κ2) is 9.08. The average molecular weight is 479 g/mol. The predicted octanol–water partition coefficient (Wildman–Crippen LogP) is 7.06. The monoisotopic (exact) mass is 478 g/mol. The molecule has 5 nitrogen and oxygen atoms in total. The van der Waals surface area contributed by atoms with Gasteiger partial charge in [0.05, 0.1) is 16.8 Å². The van der Waals surface area contributed by atoms with E-state index in [1.807, 2.05) is 55.5 Å². The van der Waals surface area contributed by atoms with Gasteiger partial charge >= 0.3 is 5.97 Å². The van der Waals surface area contributed by atoms with Gasteiger partial charge in [0.2, 0.25) is 0 Å². The number of anilines is 1. The van der Waals surface area contributed by atoms with Crippen molar-refractivity contribution in [3.05, 3.63) is 70.1 Å². The molecule has 0 aliphatic carbocycles. The van der Waals surface area contributed by atoms with E-state index in [9.17, 15) is 9.59 Å². The van der Waals surface area contributed by atoms with Gasteiger partial charge < -0.3 is 10.1 Å². The zero-order valence-corrected chi connectivity index (χ0v) is 20.9. The fraction of sp³-hybridized carbons (Fsp3) is 0.269. The highest BCUT2D eigenvalue weighted by atomic mass is 32.1. The summed E-state index contributed by atoms with van der Waals surface area (Å²) in [6.07, 6.45) is 0. The number of nitrogens with one attached hydrogen (secondary N) is 1. The van der Waals surface area contributed by atoms with Gasteiger partial charge in [-0.1, -0.05) is 45.0 Å². The first-order valence-electron chi connectivity index (χ1n) is 10.8. The lowest BCUT2D eigenvalue weighted by Crippen LogP contribution is -2.14. The summed E-state index contributed by atoms with van der Waals surface area (Å²) in [7, 11) is 0. The molecule has 0 unspecified atom stereocenters. The molecule has 1 amide bonds. The van der Waals surface area contributed by atoms with E-state index < -0.39 is 5.97 Å². The minimum absolute atomic E-state index is 0.00836. The number of esters is 1. The molecule has 0 bridgehead atoms. The van der Waals surface area contributed by atoms with Crippen molar-refractivity contribution in [1.82, 2.24) is 4.98 Å². The Bertz CT molecular complexity index is 1300. The molecule has 0 radical (unpaired) electrons. The number of carbonyl (C=O) groups excluding carboxylic acids is 2. The van der Waals surface area contributed by atoms with Crippen LogP contribution >= 0.6 is 22.7 Å². The number of nitrogens with zero attached hydrogens (tertiary/aromatic N) is 1. The van der Waals surface area contributed by atoms with Crippen LogP contribution in [-0.2, 0) is 10.2 Å². The van der Waals surface area contributed by atoms with E-state index in [0.29, 0.717) is 15.4 Å². The average Bonchev–Trinajstić information content (AvgIpc) is 3.33. The van der Waals surface area contributed by atoms with Crippen molar-refractivity contribution >= 4 is 49.8 Å². The molecule has 7 heteroatoms. The normalized spacial score (nSPS) is 11.5. The summed E-state index contributed by atoms with van der Waals surface area (Å²) in [5, 5.41) is 4.38. The highest BCUT2D eigenvalue weighted by Gasteiger charge is 2.25.